The molecule has 0 radical (unpaired) electrons. The molecule has 2 rings (SSSR count). The molecule has 0 aliphatic carbocycles. The van der Waals surface area contributed by atoms with Crippen molar-refractivity contribution in [2.45, 2.75) is 33.2 Å². The summed E-state index contributed by atoms with van der Waals surface area (Å²) in [5.41, 5.74) is 0.968. The highest BCUT2D eigenvalue weighted by Gasteiger charge is 2.12. The van der Waals surface area contributed by atoms with E-state index in [0.717, 1.165) is 23.5 Å². The van der Waals surface area contributed by atoms with E-state index in [2.05, 4.69) is 24.1 Å². The number of thiazole rings is 1. The molecule has 114 valence electrons. The molecule has 5 heteroatoms. The molecule has 2 aromatic rings. The Balaban J connectivity index is 2.19. The highest BCUT2D eigenvalue weighted by atomic mass is 32.1. The molecule has 21 heavy (non-hydrogen) atoms. The number of nitrogens with zero attached hydrogens (tertiary/aromatic N) is 1. The first kappa shape index (κ1) is 15.8. The Hall–Kier alpha value is -1.59. The van der Waals surface area contributed by atoms with Crippen LogP contribution in [0.1, 0.15) is 38.1 Å². The number of ether oxygens (including phenoxy) is 1. The number of rotatable bonds is 7. The fourth-order valence-corrected chi connectivity index (χ4v) is 2.94. The number of phenols is 1. The fourth-order valence-electron chi connectivity index (χ4n) is 2.00. The molecule has 0 bridgehead atoms. The molecule has 0 saturated carbocycles. The monoisotopic (exact) mass is 306 g/mol. The maximum Gasteiger partial charge on any atom is 0.161 e. The third kappa shape index (κ3) is 3.95. The lowest BCUT2D eigenvalue weighted by molar-refractivity contribution is 0.318. The summed E-state index contributed by atoms with van der Waals surface area (Å²) in [6, 6.07) is 5.66. The molecule has 4 nitrogen and oxygen atoms in total. The third-order valence-electron chi connectivity index (χ3n) is 3.16. The molecule has 1 atom stereocenters. The lowest BCUT2D eigenvalue weighted by Crippen LogP contribution is -2.18. The van der Waals surface area contributed by atoms with Crippen molar-refractivity contribution in [3.8, 4) is 22.1 Å². The minimum atomic E-state index is 0.162. The molecule has 1 aromatic carbocycles. The first-order chi connectivity index (χ1) is 10.2. The van der Waals surface area contributed by atoms with Gasteiger partial charge in [0.25, 0.3) is 0 Å². The van der Waals surface area contributed by atoms with Crippen LogP contribution >= 0.6 is 11.3 Å². The second kappa shape index (κ2) is 7.43. The Morgan fingerprint density at radius 1 is 1.38 bits per heavy atom. The van der Waals surface area contributed by atoms with E-state index in [-0.39, 0.29) is 5.75 Å². The van der Waals surface area contributed by atoms with Gasteiger partial charge in [0.2, 0.25) is 0 Å². The van der Waals surface area contributed by atoms with Gasteiger partial charge in [-0.3, -0.25) is 0 Å². The molecule has 2 N–H and O–H groups in total. The van der Waals surface area contributed by atoms with E-state index >= 15 is 0 Å². The summed E-state index contributed by atoms with van der Waals surface area (Å²) in [6.07, 6.45) is 3.03. The normalized spacial score (nSPS) is 12.3. The molecule has 0 fully saturated rings. The predicted octanol–water partition coefficient (Wildman–Crippen LogP) is 3.98. The number of aromatic hydroxyl groups is 1. The second-order valence-corrected chi connectivity index (χ2v) is 5.92. The number of hydrogen-bond donors (Lipinski definition) is 2. The van der Waals surface area contributed by atoms with Gasteiger partial charge in [0, 0.05) is 22.7 Å². The van der Waals surface area contributed by atoms with E-state index in [0.29, 0.717) is 18.4 Å². The number of hydrogen-bond acceptors (Lipinski definition) is 5. The summed E-state index contributed by atoms with van der Waals surface area (Å²) < 4.78 is 5.42. The number of aromatic nitrogens is 1. The summed E-state index contributed by atoms with van der Waals surface area (Å²) in [5, 5.41) is 14.2. The molecular weight excluding hydrogens is 284 g/mol. The van der Waals surface area contributed by atoms with Gasteiger partial charge in [0.1, 0.15) is 5.01 Å². The van der Waals surface area contributed by atoms with E-state index in [4.69, 9.17) is 4.74 Å². The van der Waals surface area contributed by atoms with Crippen LogP contribution in [0, 0.1) is 0 Å². The van der Waals surface area contributed by atoms with E-state index in [1.807, 2.05) is 25.3 Å². The van der Waals surface area contributed by atoms with Crippen molar-refractivity contribution in [2.24, 2.45) is 0 Å². The molecule has 1 aromatic heterocycles. The average molecular weight is 306 g/mol. The summed E-state index contributed by atoms with van der Waals surface area (Å²) in [6.45, 7) is 7.73. The van der Waals surface area contributed by atoms with Gasteiger partial charge in [-0.2, -0.15) is 0 Å². The zero-order chi connectivity index (χ0) is 15.2. The quantitative estimate of drug-likeness (QED) is 0.812. The van der Waals surface area contributed by atoms with Gasteiger partial charge in [-0.1, -0.05) is 6.92 Å². The van der Waals surface area contributed by atoms with Crippen molar-refractivity contribution >= 4 is 11.3 Å². The average Bonchev–Trinajstić information content (AvgIpc) is 2.97. The van der Waals surface area contributed by atoms with Crippen LogP contribution in [0.2, 0.25) is 0 Å². The van der Waals surface area contributed by atoms with Gasteiger partial charge in [0.05, 0.1) is 6.61 Å². The van der Waals surface area contributed by atoms with Crippen molar-refractivity contribution in [1.82, 2.24) is 10.3 Å². The highest BCUT2D eigenvalue weighted by molar-refractivity contribution is 7.15. The van der Waals surface area contributed by atoms with E-state index < -0.39 is 0 Å². The summed E-state index contributed by atoms with van der Waals surface area (Å²) in [5.74, 6) is 0.666. The van der Waals surface area contributed by atoms with Crippen LogP contribution in [0.25, 0.3) is 10.6 Å². The Morgan fingerprint density at radius 2 is 2.19 bits per heavy atom. The highest BCUT2D eigenvalue weighted by Crippen LogP contribution is 2.34. The number of nitrogens with one attached hydrogen (secondary N) is 1. The molecule has 0 spiro atoms. The minimum absolute atomic E-state index is 0.162. The van der Waals surface area contributed by atoms with Gasteiger partial charge in [-0.05, 0) is 45.0 Å². The van der Waals surface area contributed by atoms with Gasteiger partial charge in [-0.15, -0.1) is 11.3 Å². The lowest BCUT2D eigenvalue weighted by atomic mass is 10.2. The zero-order valence-corrected chi connectivity index (χ0v) is 13.5. The van der Waals surface area contributed by atoms with Crippen LogP contribution < -0.4 is 10.1 Å². The number of benzene rings is 1. The Morgan fingerprint density at radius 3 is 2.90 bits per heavy atom. The molecule has 0 aliphatic heterocycles. The maximum absolute atomic E-state index is 9.75. The van der Waals surface area contributed by atoms with Crippen LogP contribution in [0.15, 0.2) is 24.4 Å². The minimum Gasteiger partial charge on any atom is -0.504 e. The van der Waals surface area contributed by atoms with E-state index in [1.54, 1.807) is 17.4 Å². The van der Waals surface area contributed by atoms with Crippen molar-refractivity contribution in [3.05, 3.63) is 29.3 Å². The Bertz CT molecular complexity index is 583. The van der Waals surface area contributed by atoms with E-state index in [9.17, 15) is 5.11 Å². The van der Waals surface area contributed by atoms with Crippen LogP contribution in [0.5, 0.6) is 11.5 Å². The smallest absolute Gasteiger partial charge is 0.161 e. The van der Waals surface area contributed by atoms with Gasteiger partial charge < -0.3 is 15.2 Å². The second-order valence-electron chi connectivity index (χ2n) is 4.86. The Labute approximate surface area is 129 Å². The topological polar surface area (TPSA) is 54.4 Å². The molecule has 0 saturated heterocycles. The van der Waals surface area contributed by atoms with Crippen molar-refractivity contribution in [3.63, 3.8) is 0 Å². The first-order valence-electron chi connectivity index (χ1n) is 7.31. The first-order valence-corrected chi connectivity index (χ1v) is 8.12. The molecular formula is C16H22N2O2S. The van der Waals surface area contributed by atoms with Crippen LogP contribution in [-0.2, 0) is 0 Å². The number of phenolic OH excluding ortho intramolecular Hbond substituents is 1. The summed E-state index contributed by atoms with van der Waals surface area (Å²) >= 11 is 1.67. The maximum atomic E-state index is 9.75. The lowest BCUT2D eigenvalue weighted by Gasteiger charge is -2.09. The van der Waals surface area contributed by atoms with Crippen LogP contribution in [0.4, 0.5) is 0 Å². The SMILES string of the molecule is CCCNC(C)c1cnc(-c2ccc(O)c(OCC)c2)s1. The molecule has 0 aliphatic rings. The van der Waals surface area contributed by atoms with Crippen LogP contribution in [0.3, 0.4) is 0 Å². The fraction of sp³-hybridized carbons (Fsp3) is 0.438. The van der Waals surface area contributed by atoms with Gasteiger partial charge in [-0.25, -0.2) is 4.98 Å². The molecule has 1 heterocycles. The van der Waals surface area contributed by atoms with Crippen molar-refractivity contribution in [1.29, 1.82) is 0 Å². The predicted molar refractivity (Wildman–Crippen MR) is 87.1 cm³/mol. The van der Waals surface area contributed by atoms with E-state index in [1.165, 1.54) is 4.88 Å². The molecule has 0 amide bonds. The van der Waals surface area contributed by atoms with Gasteiger partial charge >= 0.3 is 0 Å². The van der Waals surface area contributed by atoms with Crippen molar-refractivity contribution < 1.29 is 9.84 Å². The summed E-state index contributed by atoms with van der Waals surface area (Å²) in [4.78, 5) is 5.70. The summed E-state index contributed by atoms with van der Waals surface area (Å²) in [7, 11) is 0. The van der Waals surface area contributed by atoms with Crippen molar-refractivity contribution in [2.75, 3.05) is 13.2 Å². The van der Waals surface area contributed by atoms with Crippen LogP contribution in [-0.4, -0.2) is 23.2 Å². The largest absolute Gasteiger partial charge is 0.504 e. The standard InChI is InChI=1S/C16H22N2O2S/c1-4-8-17-11(3)15-10-18-16(21-15)12-6-7-13(19)14(9-12)20-5-2/h6-7,9-11,17,19H,4-5,8H2,1-3H3. The third-order valence-corrected chi connectivity index (χ3v) is 4.39. The zero-order valence-electron chi connectivity index (χ0n) is 12.7. The molecule has 1 unspecified atom stereocenters. The Kier molecular flexibility index (Phi) is 5.59. The van der Waals surface area contributed by atoms with Gasteiger partial charge in [0.15, 0.2) is 11.5 Å².